The third-order valence-corrected chi connectivity index (χ3v) is 2.74. The molecule has 0 aliphatic rings. The van der Waals surface area contributed by atoms with Crippen LogP contribution in [0.1, 0.15) is 29.8 Å². The smallest absolute Gasteiger partial charge is 0.182 e. The summed E-state index contributed by atoms with van der Waals surface area (Å²) in [4.78, 5) is 3.74. The van der Waals surface area contributed by atoms with Gasteiger partial charge in [-0.05, 0) is 18.6 Å². The van der Waals surface area contributed by atoms with Crippen molar-refractivity contribution in [3.8, 4) is 12.1 Å². The maximum Gasteiger partial charge on any atom is 0.182 e. The van der Waals surface area contributed by atoms with Crippen molar-refractivity contribution >= 4 is 5.82 Å². The molecule has 2 aromatic heterocycles. The Labute approximate surface area is 108 Å². The second-order valence-corrected chi connectivity index (χ2v) is 3.89. The number of halogens is 1. The predicted octanol–water partition coefficient (Wildman–Crippen LogP) is 1.35. The molecular weight excluding hydrogens is 247 g/mol. The van der Waals surface area contributed by atoms with Crippen molar-refractivity contribution in [3.63, 3.8) is 0 Å². The molecule has 0 saturated carbocycles. The van der Waals surface area contributed by atoms with Gasteiger partial charge >= 0.3 is 0 Å². The molecule has 2 rings (SSSR count). The molecule has 0 fully saturated rings. The first-order valence-electron chi connectivity index (χ1n) is 5.37. The van der Waals surface area contributed by atoms with Gasteiger partial charge in [-0.15, -0.1) is 0 Å². The molecule has 0 aromatic carbocycles. The van der Waals surface area contributed by atoms with E-state index in [0.29, 0.717) is 5.56 Å². The molecule has 0 spiro atoms. The Morgan fingerprint density at radius 3 is 2.63 bits per heavy atom. The van der Waals surface area contributed by atoms with Crippen molar-refractivity contribution < 1.29 is 4.39 Å². The van der Waals surface area contributed by atoms with Gasteiger partial charge in [0.05, 0.1) is 12.2 Å². The summed E-state index contributed by atoms with van der Waals surface area (Å²) < 4.78 is 14.4. The van der Waals surface area contributed by atoms with Crippen molar-refractivity contribution in [2.24, 2.45) is 0 Å². The van der Waals surface area contributed by atoms with Crippen LogP contribution in [0.4, 0.5) is 10.2 Å². The summed E-state index contributed by atoms with van der Waals surface area (Å²) in [6.07, 6.45) is 2.57. The van der Waals surface area contributed by atoms with E-state index in [9.17, 15) is 4.39 Å². The first-order valence-corrected chi connectivity index (χ1v) is 5.37. The lowest BCUT2D eigenvalue weighted by molar-refractivity contribution is 0.558. The minimum Gasteiger partial charge on any atom is -0.383 e. The van der Waals surface area contributed by atoms with Gasteiger partial charge in [-0.3, -0.25) is 4.98 Å². The molecule has 0 aliphatic heterocycles. The van der Waals surface area contributed by atoms with E-state index in [1.54, 1.807) is 13.0 Å². The van der Waals surface area contributed by atoms with Gasteiger partial charge in [0.25, 0.3) is 0 Å². The van der Waals surface area contributed by atoms with Crippen LogP contribution in [0.15, 0.2) is 18.5 Å². The Morgan fingerprint density at radius 1 is 1.37 bits per heavy atom. The second kappa shape index (κ2) is 4.75. The molecule has 0 bridgehead atoms. The van der Waals surface area contributed by atoms with Gasteiger partial charge in [-0.2, -0.15) is 15.6 Å². The van der Waals surface area contributed by atoms with E-state index in [2.05, 4.69) is 10.1 Å². The van der Waals surface area contributed by atoms with Crippen LogP contribution >= 0.6 is 0 Å². The Balaban J connectivity index is 2.52. The summed E-state index contributed by atoms with van der Waals surface area (Å²) in [5.74, 6) is -0.396. The average molecular weight is 256 g/mol. The molecule has 2 heterocycles. The van der Waals surface area contributed by atoms with E-state index in [1.807, 2.05) is 6.07 Å². The van der Waals surface area contributed by atoms with Crippen molar-refractivity contribution in [2.45, 2.75) is 13.0 Å². The molecular formula is C12H9FN6. The van der Waals surface area contributed by atoms with Gasteiger partial charge in [0.1, 0.15) is 29.3 Å². The highest BCUT2D eigenvalue weighted by Crippen LogP contribution is 2.24. The minimum atomic E-state index is -0.476. The number of hydrogen-bond donors (Lipinski definition) is 1. The zero-order chi connectivity index (χ0) is 14.0. The van der Waals surface area contributed by atoms with Gasteiger partial charge < -0.3 is 5.73 Å². The van der Waals surface area contributed by atoms with E-state index in [-0.39, 0.29) is 17.1 Å². The van der Waals surface area contributed by atoms with Crippen molar-refractivity contribution in [1.29, 1.82) is 10.5 Å². The van der Waals surface area contributed by atoms with Gasteiger partial charge in [0.2, 0.25) is 0 Å². The number of nitriles is 2. The first kappa shape index (κ1) is 12.5. The number of anilines is 1. The van der Waals surface area contributed by atoms with E-state index in [0.717, 1.165) is 6.20 Å². The number of pyridine rings is 1. The number of hydrogen-bond acceptors (Lipinski definition) is 5. The van der Waals surface area contributed by atoms with Crippen molar-refractivity contribution in [3.05, 3.63) is 41.1 Å². The van der Waals surface area contributed by atoms with Gasteiger partial charge in [-0.25, -0.2) is 9.07 Å². The molecule has 0 saturated heterocycles. The standard InChI is InChI=1S/C12H9FN6/c1-7(8-2-9(13)6-17-5-8)19-12(16)10(3-14)11(4-15)18-19/h2,5-7H,16H2,1H3. The number of nitrogen functional groups attached to an aromatic ring is 1. The third kappa shape index (κ3) is 2.09. The number of rotatable bonds is 2. The maximum atomic E-state index is 13.1. The van der Waals surface area contributed by atoms with Crippen LogP contribution in [0.25, 0.3) is 0 Å². The zero-order valence-corrected chi connectivity index (χ0v) is 10.0. The van der Waals surface area contributed by atoms with Crippen molar-refractivity contribution in [2.75, 3.05) is 5.73 Å². The molecule has 19 heavy (non-hydrogen) atoms. The largest absolute Gasteiger partial charge is 0.383 e. The van der Waals surface area contributed by atoms with Gasteiger partial charge in [0, 0.05) is 6.20 Å². The number of nitrogens with two attached hydrogens (primary N) is 1. The van der Waals surface area contributed by atoms with Crippen LogP contribution in [0.3, 0.4) is 0 Å². The monoisotopic (exact) mass is 256 g/mol. The molecule has 1 unspecified atom stereocenters. The molecule has 6 nitrogen and oxygen atoms in total. The molecule has 0 radical (unpaired) electrons. The van der Waals surface area contributed by atoms with Crippen molar-refractivity contribution in [1.82, 2.24) is 14.8 Å². The molecule has 7 heteroatoms. The lowest BCUT2D eigenvalue weighted by Crippen LogP contribution is -2.12. The normalized spacial score (nSPS) is 11.6. The topological polar surface area (TPSA) is 104 Å². The molecule has 1 atom stereocenters. The van der Waals surface area contributed by atoms with E-state index in [4.69, 9.17) is 16.3 Å². The third-order valence-electron chi connectivity index (χ3n) is 2.74. The Kier molecular flexibility index (Phi) is 3.13. The fourth-order valence-electron chi connectivity index (χ4n) is 1.73. The number of nitrogens with zero attached hydrogens (tertiary/aromatic N) is 5. The zero-order valence-electron chi connectivity index (χ0n) is 10.0. The maximum absolute atomic E-state index is 13.1. The quantitative estimate of drug-likeness (QED) is 0.873. The molecule has 2 N–H and O–H groups in total. The fraction of sp³-hybridized carbons (Fsp3) is 0.167. The van der Waals surface area contributed by atoms with Crippen LogP contribution in [0, 0.1) is 28.5 Å². The summed E-state index contributed by atoms with van der Waals surface area (Å²) in [5, 5.41) is 21.8. The van der Waals surface area contributed by atoms with Crippen LogP contribution < -0.4 is 5.73 Å². The summed E-state index contributed by atoms with van der Waals surface area (Å²) in [6, 6.07) is 4.50. The molecule has 2 aromatic rings. The Morgan fingerprint density at radius 2 is 2.11 bits per heavy atom. The fourth-order valence-corrected chi connectivity index (χ4v) is 1.73. The average Bonchev–Trinajstić information content (AvgIpc) is 2.74. The SMILES string of the molecule is CC(c1cncc(F)c1)n1nc(C#N)c(C#N)c1N. The lowest BCUT2D eigenvalue weighted by atomic mass is 10.1. The van der Waals surface area contributed by atoms with Gasteiger partial charge in [0.15, 0.2) is 5.69 Å². The van der Waals surface area contributed by atoms with Crippen LogP contribution in [-0.4, -0.2) is 14.8 Å². The highest BCUT2D eigenvalue weighted by atomic mass is 19.1. The second-order valence-electron chi connectivity index (χ2n) is 3.89. The molecule has 0 aliphatic carbocycles. The number of aromatic nitrogens is 3. The first-order chi connectivity index (χ1) is 9.08. The van der Waals surface area contributed by atoms with Crippen LogP contribution in [-0.2, 0) is 0 Å². The highest BCUT2D eigenvalue weighted by molar-refractivity contribution is 5.56. The molecule has 0 amide bonds. The lowest BCUT2D eigenvalue weighted by Gasteiger charge is -2.13. The van der Waals surface area contributed by atoms with E-state index >= 15 is 0 Å². The summed E-state index contributed by atoms with van der Waals surface area (Å²) in [7, 11) is 0. The minimum absolute atomic E-state index is 0.0266. The Bertz CT molecular complexity index is 706. The van der Waals surface area contributed by atoms with E-state index in [1.165, 1.54) is 16.9 Å². The molecule has 94 valence electrons. The Hall–Kier alpha value is -2.93. The van der Waals surface area contributed by atoms with E-state index < -0.39 is 11.9 Å². The summed E-state index contributed by atoms with van der Waals surface area (Å²) in [5.41, 5.74) is 6.31. The van der Waals surface area contributed by atoms with Gasteiger partial charge in [-0.1, -0.05) is 0 Å². The predicted molar refractivity (Wildman–Crippen MR) is 64.1 cm³/mol. The summed E-state index contributed by atoms with van der Waals surface area (Å²) >= 11 is 0. The summed E-state index contributed by atoms with van der Waals surface area (Å²) in [6.45, 7) is 1.72. The van der Waals surface area contributed by atoms with Crippen LogP contribution in [0.5, 0.6) is 0 Å². The van der Waals surface area contributed by atoms with Crippen LogP contribution in [0.2, 0.25) is 0 Å². The highest BCUT2D eigenvalue weighted by Gasteiger charge is 2.20.